The van der Waals surface area contributed by atoms with Gasteiger partial charge in [0.2, 0.25) is 0 Å². The highest BCUT2D eigenvalue weighted by atomic mass is 32.2. The van der Waals surface area contributed by atoms with Gasteiger partial charge in [0.25, 0.3) is 5.56 Å². The van der Waals surface area contributed by atoms with Crippen molar-refractivity contribution in [1.82, 2.24) is 9.55 Å². The van der Waals surface area contributed by atoms with Crippen LogP contribution in [0.15, 0.2) is 82.7 Å². The minimum atomic E-state index is -0.484. The number of methoxy groups -OCH3 is 1. The van der Waals surface area contributed by atoms with Crippen molar-refractivity contribution in [3.63, 3.8) is 0 Å². The fourth-order valence-electron chi connectivity index (χ4n) is 3.14. The summed E-state index contributed by atoms with van der Waals surface area (Å²) in [6, 6.07) is 23.4. The van der Waals surface area contributed by atoms with Gasteiger partial charge in [0.05, 0.1) is 40.9 Å². The number of rotatable bonds is 5. The van der Waals surface area contributed by atoms with E-state index in [4.69, 9.17) is 15.0 Å². The summed E-state index contributed by atoms with van der Waals surface area (Å²) in [7, 11) is 1.31. The number of hydrogen-bond acceptors (Lipinski definition) is 6. The Kier molecular flexibility index (Phi) is 5.83. The molecule has 4 aromatic rings. The highest BCUT2D eigenvalue weighted by Crippen LogP contribution is 2.25. The van der Waals surface area contributed by atoms with E-state index in [0.717, 1.165) is 5.56 Å². The molecule has 0 radical (unpaired) electrons. The quantitative estimate of drug-likeness (QED) is 0.268. The highest BCUT2D eigenvalue weighted by Gasteiger charge is 2.15. The minimum absolute atomic E-state index is 0.213. The van der Waals surface area contributed by atoms with Gasteiger partial charge in [0, 0.05) is 5.75 Å². The Labute approximate surface area is 182 Å². The first kappa shape index (κ1) is 20.4. The van der Waals surface area contributed by atoms with Crippen molar-refractivity contribution in [2.75, 3.05) is 7.11 Å². The first-order chi connectivity index (χ1) is 15.1. The molecule has 0 saturated heterocycles. The van der Waals surface area contributed by atoms with Crippen LogP contribution in [0.3, 0.4) is 0 Å². The number of fused-ring (bicyclic) bond motifs is 1. The van der Waals surface area contributed by atoms with E-state index in [9.17, 15) is 9.59 Å². The van der Waals surface area contributed by atoms with Gasteiger partial charge >= 0.3 is 5.97 Å². The van der Waals surface area contributed by atoms with Crippen molar-refractivity contribution < 1.29 is 9.53 Å². The molecule has 0 saturated carbocycles. The molecule has 0 spiro atoms. The van der Waals surface area contributed by atoms with E-state index in [1.165, 1.54) is 18.9 Å². The molecule has 0 atom stereocenters. The number of benzene rings is 3. The van der Waals surface area contributed by atoms with Gasteiger partial charge < -0.3 is 4.74 Å². The zero-order chi connectivity index (χ0) is 21.8. The van der Waals surface area contributed by atoms with Gasteiger partial charge in [-0.2, -0.15) is 5.26 Å². The number of carbonyl (C=O) groups is 1. The number of nitrogens with zero attached hydrogens (tertiary/aromatic N) is 3. The van der Waals surface area contributed by atoms with Crippen LogP contribution in [0.2, 0.25) is 0 Å². The lowest BCUT2D eigenvalue weighted by Crippen LogP contribution is -2.22. The third kappa shape index (κ3) is 4.20. The van der Waals surface area contributed by atoms with Gasteiger partial charge in [-0.05, 0) is 48.0 Å². The van der Waals surface area contributed by atoms with E-state index in [0.29, 0.717) is 38.6 Å². The Morgan fingerprint density at radius 1 is 1.10 bits per heavy atom. The van der Waals surface area contributed by atoms with Crippen LogP contribution in [0.5, 0.6) is 0 Å². The Morgan fingerprint density at radius 2 is 1.84 bits per heavy atom. The number of aromatic nitrogens is 2. The second-order valence-electron chi connectivity index (χ2n) is 6.69. The van der Waals surface area contributed by atoms with Gasteiger partial charge in [0.15, 0.2) is 5.16 Å². The van der Waals surface area contributed by atoms with Crippen molar-refractivity contribution in [3.05, 3.63) is 99.8 Å². The standard InChI is InChI=1S/C24H17N3O3S/c1-30-23(29)18-11-12-20-21(13-18)26-24(27(22(20)28)19-5-3-2-4-6-19)31-15-17-9-7-16(14-25)8-10-17/h2-13H,15H2,1H3. The van der Waals surface area contributed by atoms with E-state index < -0.39 is 5.97 Å². The fourth-order valence-corrected chi connectivity index (χ4v) is 4.10. The molecule has 0 aliphatic heterocycles. The molecule has 1 heterocycles. The fraction of sp³-hybridized carbons (Fsp3) is 0.0833. The molecule has 31 heavy (non-hydrogen) atoms. The van der Waals surface area contributed by atoms with Crippen LogP contribution >= 0.6 is 11.8 Å². The molecule has 0 unspecified atom stereocenters. The van der Waals surface area contributed by atoms with E-state index in [2.05, 4.69) is 6.07 Å². The molecule has 0 bridgehead atoms. The summed E-state index contributed by atoms with van der Waals surface area (Å²) in [5, 5.41) is 9.90. The SMILES string of the molecule is COC(=O)c1ccc2c(=O)n(-c3ccccc3)c(SCc3ccc(C#N)cc3)nc2c1. The largest absolute Gasteiger partial charge is 0.465 e. The lowest BCUT2D eigenvalue weighted by Gasteiger charge is -2.13. The van der Waals surface area contributed by atoms with Crippen molar-refractivity contribution in [2.24, 2.45) is 0 Å². The molecule has 0 fully saturated rings. The molecular weight excluding hydrogens is 410 g/mol. The maximum atomic E-state index is 13.4. The average Bonchev–Trinajstić information content (AvgIpc) is 2.82. The second-order valence-corrected chi connectivity index (χ2v) is 7.63. The first-order valence-corrected chi connectivity index (χ1v) is 10.4. The van der Waals surface area contributed by atoms with Crippen molar-refractivity contribution in [1.29, 1.82) is 5.26 Å². The molecule has 0 aliphatic carbocycles. The zero-order valence-electron chi connectivity index (χ0n) is 16.6. The molecule has 6 nitrogen and oxygen atoms in total. The number of nitriles is 1. The normalized spacial score (nSPS) is 10.6. The lowest BCUT2D eigenvalue weighted by molar-refractivity contribution is 0.0601. The van der Waals surface area contributed by atoms with Crippen LogP contribution in [-0.4, -0.2) is 22.6 Å². The van der Waals surface area contributed by atoms with Gasteiger partial charge in [-0.1, -0.05) is 42.1 Å². The predicted octanol–water partition coefficient (Wildman–Crippen LogP) is 4.34. The van der Waals surface area contributed by atoms with Crippen LogP contribution in [0.1, 0.15) is 21.5 Å². The van der Waals surface area contributed by atoms with Gasteiger partial charge in [-0.3, -0.25) is 9.36 Å². The summed E-state index contributed by atoms with van der Waals surface area (Å²) in [5.74, 6) is 0.0791. The smallest absolute Gasteiger partial charge is 0.337 e. The topological polar surface area (TPSA) is 85.0 Å². The molecule has 0 amide bonds. The molecule has 3 aromatic carbocycles. The first-order valence-electron chi connectivity index (χ1n) is 9.43. The monoisotopic (exact) mass is 427 g/mol. The minimum Gasteiger partial charge on any atom is -0.465 e. The van der Waals surface area contributed by atoms with E-state index in [1.54, 1.807) is 34.9 Å². The molecule has 0 N–H and O–H groups in total. The van der Waals surface area contributed by atoms with Crippen molar-refractivity contribution in [3.8, 4) is 11.8 Å². The van der Waals surface area contributed by atoms with Crippen molar-refractivity contribution in [2.45, 2.75) is 10.9 Å². The van der Waals surface area contributed by atoms with Gasteiger partial charge in [0.1, 0.15) is 0 Å². The summed E-state index contributed by atoms with van der Waals surface area (Å²) in [5.41, 5.74) is 2.86. The third-order valence-corrected chi connectivity index (χ3v) is 5.73. The number of esters is 1. The Balaban J connectivity index is 1.82. The average molecular weight is 427 g/mol. The molecular formula is C24H17N3O3S. The Bertz CT molecular complexity index is 1360. The Morgan fingerprint density at radius 3 is 2.52 bits per heavy atom. The number of carbonyl (C=O) groups excluding carboxylic acids is 1. The summed E-state index contributed by atoms with van der Waals surface area (Å²) in [6.45, 7) is 0. The lowest BCUT2D eigenvalue weighted by atomic mass is 10.1. The van der Waals surface area contributed by atoms with Gasteiger partial charge in [-0.25, -0.2) is 9.78 Å². The van der Waals surface area contributed by atoms with Crippen LogP contribution < -0.4 is 5.56 Å². The molecule has 7 heteroatoms. The number of ether oxygens (including phenoxy) is 1. The maximum absolute atomic E-state index is 13.4. The number of hydrogen-bond donors (Lipinski definition) is 0. The molecule has 1 aromatic heterocycles. The molecule has 4 rings (SSSR count). The molecule has 152 valence electrons. The number of thioether (sulfide) groups is 1. The zero-order valence-corrected chi connectivity index (χ0v) is 17.4. The summed E-state index contributed by atoms with van der Waals surface area (Å²) < 4.78 is 6.36. The summed E-state index contributed by atoms with van der Waals surface area (Å²) in [4.78, 5) is 30.0. The van der Waals surface area contributed by atoms with Crippen LogP contribution in [-0.2, 0) is 10.5 Å². The van der Waals surface area contributed by atoms with E-state index >= 15 is 0 Å². The van der Waals surface area contributed by atoms with Crippen molar-refractivity contribution >= 4 is 28.6 Å². The predicted molar refractivity (Wildman–Crippen MR) is 119 cm³/mol. The van der Waals surface area contributed by atoms with E-state index in [1.807, 2.05) is 42.5 Å². The third-order valence-electron chi connectivity index (χ3n) is 4.73. The maximum Gasteiger partial charge on any atom is 0.337 e. The number of para-hydroxylation sites is 1. The van der Waals surface area contributed by atoms with Crippen LogP contribution in [0.4, 0.5) is 0 Å². The second kappa shape index (κ2) is 8.86. The van der Waals surface area contributed by atoms with Gasteiger partial charge in [-0.15, -0.1) is 0 Å². The van der Waals surface area contributed by atoms with Crippen LogP contribution in [0.25, 0.3) is 16.6 Å². The summed E-state index contributed by atoms with van der Waals surface area (Å²) in [6.07, 6.45) is 0. The highest BCUT2D eigenvalue weighted by molar-refractivity contribution is 7.98. The van der Waals surface area contributed by atoms with Crippen LogP contribution in [0, 0.1) is 11.3 Å². The Hall–Kier alpha value is -3.89. The molecule has 0 aliphatic rings. The van der Waals surface area contributed by atoms with E-state index in [-0.39, 0.29) is 5.56 Å². The summed E-state index contributed by atoms with van der Waals surface area (Å²) >= 11 is 1.41.